The first-order valence-corrected chi connectivity index (χ1v) is 4.30. The quantitative estimate of drug-likeness (QED) is 0.657. The van der Waals surface area contributed by atoms with E-state index in [1.165, 1.54) is 0 Å². The number of ether oxygens (including phenoxy) is 1. The fraction of sp³-hybridized carbons (Fsp3) is 0.600. The van der Waals surface area contributed by atoms with Gasteiger partial charge in [0.05, 0.1) is 5.76 Å². The highest BCUT2D eigenvalue weighted by Crippen LogP contribution is 2.15. The highest BCUT2D eigenvalue weighted by molar-refractivity contribution is 5.08. The highest BCUT2D eigenvalue weighted by Gasteiger charge is 2.06. The number of rotatable bonds is 4. The van der Waals surface area contributed by atoms with Gasteiger partial charge in [0.1, 0.15) is 5.76 Å². The van der Waals surface area contributed by atoms with Crippen molar-refractivity contribution >= 4 is 0 Å². The first-order chi connectivity index (χ1) is 5.49. The van der Waals surface area contributed by atoms with E-state index >= 15 is 0 Å². The lowest BCUT2D eigenvalue weighted by Crippen LogP contribution is -2.10. The van der Waals surface area contributed by atoms with E-state index in [0.717, 1.165) is 17.9 Å². The summed E-state index contributed by atoms with van der Waals surface area (Å²) in [5, 5.41) is 0. The lowest BCUT2D eigenvalue weighted by atomic mass is 10.1. The molecule has 0 aromatic heterocycles. The molecule has 0 bridgehead atoms. The lowest BCUT2D eigenvalue weighted by molar-refractivity contribution is 0.287. The molecule has 0 spiro atoms. The van der Waals surface area contributed by atoms with E-state index in [2.05, 4.69) is 6.58 Å². The largest absolute Gasteiger partial charge is 0.465 e. The van der Waals surface area contributed by atoms with Crippen LogP contribution < -0.4 is 5.73 Å². The van der Waals surface area contributed by atoms with Crippen molar-refractivity contribution in [1.29, 1.82) is 0 Å². The molecule has 2 heteroatoms. The predicted octanol–water partition coefficient (Wildman–Crippen LogP) is 2.77. The van der Waals surface area contributed by atoms with Gasteiger partial charge in [0.15, 0.2) is 0 Å². The summed E-state index contributed by atoms with van der Waals surface area (Å²) in [5.74, 6) is 1.87. The molecule has 0 rings (SSSR count). The normalized spacial score (nSPS) is 12.8. The van der Waals surface area contributed by atoms with Crippen LogP contribution in [0.4, 0.5) is 0 Å². The minimum absolute atomic E-state index is 0.333. The van der Waals surface area contributed by atoms with Crippen molar-refractivity contribution in [2.45, 2.75) is 34.1 Å². The van der Waals surface area contributed by atoms with Gasteiger partial charge in [-0.15, -0.1) is 0 Å². The van der Waals surface area contributed by atoms with E-state index in [-0.39, 0.29) is 0 Å². The van der Waals surface area contributed by atoms with Crippen LogP contribution in [0, 0.1) is 5.92 Å². The zero-order valence-corrected chi connectivity index (χ0v) is 8.48. The average Bonchev–Trinajstić information content (AvgIpc) is 1.98. The van der Waals surface area contributed by atoms with Gasteiger partial charge < -0.3 is 10.5 Å². The molecular weight excluding hydrogens is 150 g/mol. The van der Waals surface area contributed by atoms with Crippen molar-refractivity contribution in [3.8, 4) is 0 Å². The Kier molecular flexibility index (Phi) is 4.49. The SMILES string of the molecule is C=C(C)O/C(CC)=C(\N)C(C)C. The van der Waals surface area contributed by atoms with Crippen LogP contribution >= 0.6 is 0 Å². The van der Waals surface area contributed by atoms with Gasteiger partial charge in [-0.05, 0) is 12.8 Å². The maximum Gasteiger partial charge on any atom is 0.122 e. The molecule has 2 N–H and O–H groups in total. The van der Waals surface area contributed by atoms with Crippen molar-refractivity contribution in [2.75, 3.05) is 0 Å². The molecule has 70 valence electrons. The van der Waals surface area contributed by atoms with Crippen LogP contribution in [0.5, 0.6) is 0 Å². The molecule has 0 heterocycles. The van der Waals surface area contributed by atoms with Crippen molar-refractivity contribution in [1.82, 2.24) is 0 Å². The van der Waals surface area contributed by atoms with Crippen LogP contribution in [0.3, 0.4) is 0 Å². The number of allylic oxidation sites excluding steroid dienone is 3. The summed E-state index contributed by atoms with van der Waals surface area (Å²) in [6.45, 7) is 11.6. The van der Waals surface area contributed by atoms with E-state index in [4.69, 9.17) is 10.5 Å². The molecule has 0 radical (unpaired) electrons. The minimum Gasteiger partial charge on any atom is -0.465 e. The Morgan fingerprint density at radius 1 is 1.50 bits per heavy atom. The Labute approximate surface area is 75.1 Å². The summed E-state index contributed by atoms with van der Waals surface area (Å²) in [6.07, 6.45) is 0.816. The summed E-state index contributed by atoms with van der Waals surface area (Å²) >= 11 is 0. The maximum atomic E-state index is 5.83. The standard InChI is InChI=1S/C10H19NO/c1-6-9(12-8(4)5)10(11)7(2)3/h7H,4,6,11H2,1-3,5H3/b10-9-. The van der Waals surface area contributed by atoms with Crippen LogP contribution in [0.2, 0.25) is 0 Å². The smallest absolute Gasteiger partial charge is 0.122 e. The van der Waals surface area contributed by atoms with Gasteiger partial charge in [-0.1, -0.05) is 27.4 Å². The fourth-order valence-corrected chi connectivity index (χ4v) is 0.868. The Morgan fingerprint density at radius 3 is 2.25 bits per heavy atom. The first-order valence-electron chi connectivity index (χ1n) is 4.30. The second-order valence-electron chi connectivity index (χ2n) is 3.19. The molecule has 12 heavy (non-hydrogen) atoms. The van der Waals surface area contributed by atoms with Gasteiger partial charge in [0, 0.05) is 12.1 Å². The van der Waals surface area contributed by atoms with E-state index in [9.17, 15) is 0 Å². The zero-order valence-electron chi connectivity index (χ0n) is 8.48. The maximum absolute atomic E-state index is 5.83. The lowest BCUT2D eigenvalue weighted by Gasteiger charge is -2.13. The van der Waals surface area contributed by atoms with Crippen LogP contribution in [0.15, 0.2) is 23.8 Å². The summed E-state index contributed by atoms with van der Waals surface area (Å²) in [4.78, 5) is 0. The Bertz CT molecular complexity index is 192. The molecule has 0 unspecified atom stereocenters. The Balaban J connectivity index is 4.50. The van der Waals surface area contributed by atoms with Crippen LogP contribution in [-0.2, 0) is 4.74 Å². The van der Waals surface area contributed by atoms with Crippen LogP contribution in [-0.4, -0.2) is 0 Å². The van der Waals surface area contributed by atoms with Gasteiger partial charge >= 0.3 is 0 Å². The molecule has 0 saturated heterocycles. The summed E-state index contributed by atoms with van der Waals surface area (Å²) in [7, 11) is 0. The third kappa shape index (κ3) is 3.46. The molecule has 0 aliphatic heterocycles. The second-order valence-corrected chi connectivity index (χ2v) is 3.19. The molecule has 0 aliphatic rings. The number of hydrogen-bond donors (Lipinski definition) is 1. The Hall–Kier alpha value is -0.920. The van der Waals surface area contributed by atoms with Crippen molar-refractivity contribution in [3.63, 3.8) is 0 Å². The molecule has 0 atom stereocenters. The first kappa shape index (κ1) is 11.1. The van der Waals surface area contributed by atoms with E-state index in [1.807, 2.05) is 27.7 Å². The molecular formula is C10H19NO. The van der Waals surface area contributed by atoms with Crippen molar-refractivity contribution in [3.05, 3.63) is 23.8 Å². The monoisotopic (exact) mass is 169 g/mol. The Morgan fingerprint density at radius 2 is 2.00 bits per heavy atom. The fourth-order valence-electron chi connectivity index (χ4n) is 0.868. The van der Waals surface area contributed by atoms with Gasteiger partial charge in [-0.3, -0.25) is 0 Å². The second kappa shape index (κ2) is 4.86. The third-order valence-electron chi connectivity index (χ3n) is 1.56. The molecule has 0 aromatic rings. The minimum atomic E-state index is 0.333. The predicted molar refractivity (Wildman–Crippen MR) is 52.2 cm³/mol. The summed E-state index contributed by atoms with van der Waals surface area (Å²) < 4.78 is 5.38. The molecule has 0 saturated carbocycles. The van der Waals surface area contributed by atoms with E-state index in [0.29, 0.717) is 11.7 Å². The van der Waals surface area contributed by atoms with Gasteiger partial charge in [0.25, 0.3) is 0 Å². The summed E-state index contributed by atoms with van der Waals surface area (Å²) in [5.41, 5.74) is 6.65. The van der Waals surface area contributed by atoms with E-state index in [1.54, 1.807) is 0 Å². The van der Waals surface area contributed by atoms with Crippen molar-refractivity contribution in [2.24, 2.45) is 11.7 Å². The molecule has 0 aromatic carbocycles. The molecule has 2 nitrogen and oxygen atoms in total. The third-order valence-corrected chi connectivity index (χ3v) is 1.56. The molecule has 0 amide bonds. The number of hydrogen-bond acceptors (Lipinski definition) is 2. The van der Waals surface area contributed by atoms with E-state index < -0.39 is 0 Å². The topological polar surface area (TPSA) is 35.2 Å². The molecule has 0 aliphatic carbocycles. The molecule has 0 fully saturated rings. The van der Waals surface area contributed by atoms with Gasteiger partial charge in [0.2, 0.25) is 0 Å². The van der Waals surface area contributed by atoms with Crippen LogP contribution in [0.25, 0.3) is 0 Å². The summed E-state index contributed by atoms with van der Waals surface area (Å²) in [6, 6.07) is 0. The van der Waals surface area contributed by atoms with Crippen molar-refractivity contribution < 1.29 is 4.74 Å². The van der Waals surface area contributed by atoms with Crippen LogP contribution in [0.1, 0.15) is 34.1 Å². The average molecular weight is 169 g/mol. The zero-order chi connectivity index (χ0) is 9.72. The highest BCUT2D eigenvalue weighted by atomic mass is 16.5. The van der Waals surface area contributed by atoms with Gasteiger partial charge in [-0.25, -0.2) is 0 Å². The number of nitrogens with two attached hydrogens (primary N) is 1. The van der Waals surface area contributed by atoms with Gasteiger partial charge in [-0.2, -0.15) is 0 Å².